The normalized spacial score (nSPS) is 15.5. The lowest BCUT2D eigenvalue weighted by Crippen LogP contribution is -2.51. The Kier molecular flexibility index (Phi) is 7.91. The van der Waals surface area contributed by atoms with Gasteiger partial charge in [0.25, 0.3) is 0 Å². The molecule has 1 aromatic rings. The van der Waals surface area contributed by atoms with Gasteiger partial charge in [-0.05, 0) is 19.4 Å². The molecule has 1 aromatic carbocycles. The van der Waals surface area contributed by atoms with Gasteiger partial charge in [-0.3, -0.25) is 4.79 Å². The third kappa shape index (κ3) is 5.66. The lowest BCUT2D eigenvalue weighted by atomic mass is 9.87. The van der Waals surface area contributed by atoms with Gasteiger partial charge in [0.1, 0.15) is 12.9 Å². The highest BCUT2D eigenvalue weighted by Crippen LogP contribution is 2.17. The number of carbonyl (C=O) groups is 3. The molecule has 0 heterocycles. The summed E-state index contributed by atoms with van der Waals surface area (Å²) in [5.74, 6) is -2.40. The lowest BCUT2D eigenvalue weighted by molar-refractivity contribution is -0.146. The number of alkyl carbamates (subject to hydrolysis) is 1. The standard InChI is InChI=1S/C17H23NO6/c1-11(16(21)23-3)15(14(9-19)12(2)20)18-17(22)24-10-13-7-5-4-6-8-13/h4-9,11-12,14-15,20H,10H2,1-3H3,(H,18,22)/t11-,12+,14-,15-/m1/s1. The molecule has 0 aliphatic heterocycles. The zero-order valence-corrected chi connectivity index (χ0v) is 14.0. The van der Waals surface area contributed by atoms with Crippen molar-refractivity contribution in [1.29, 1.82) is 0 Å². The Balaban J connectivity index is 2.77. The minimum atomic E-state index is -1.05. The summed E-state index contributed by atoms with van der Waals surface area (Å²) in [5.41, 5.74) is 0.799. The zero-order valence-electron chi connectivity index (χ0n) is 14.0. The van der Waals surface area contributed by atoms with Gasteiger partial charge in [-0.1, -0.05) is 30.3 Å². The first kappa shape index (κ1) is 19.6. The van der Waals surface area contributed by atoms with Crippen LogP contribution in [0.15, 0.2) is 30.3 Å². The second kappa shape index (κ2) is 9.67. The van der Waals surface area contributed by atoms with Crippen molar-refractivity contribution in [2.45, 2.75) is 32.6 Å². The molecule has 0 unspecified atom stereocenters. The van der Waals surface area contributed by atoms with Crippen molar-refractivity contribution in [3.63, 3.8) is 0 Å². The van der Waals surface area contributed by atoms with E-state index in [1.807, 2.05) is 18.2 Å². The summed E-state index contributed by atoms with van der Waals surface area (Å²) in [4.78, 5) is 35.0. The number of aliphatic hydroxyl groups is 1. The Labute approximate surface area is 141 Å². The van der Waals surface area contributed by atoms with Gasteiger partial charge in [0.15, 0.2) is 0 Å². The molecule has 0 radical (unpaired) electrons. The van der Waals surface area contributed by atoms with Crippen LogP contribution in [0.3, 0.4) is 0 Å². The average Bonchev–Trinajstić information content (AvgIpc) is 2.59. The topological polar surface area (TPSA) is 102 Å². The minimum Gasteiger partial charge on any atom is -0.469 e. The van der Waals surface area contributed by atoms with Crippen LogP contribution >= 0.6 is 0 Å². The number of carbonyl (C=O) groups excluding carboxylic acids is 3. The zero-order chi connectivity index (χ0) is 18.1. The van der Waals surface area contributed by atoms with E-state index in [9.17, 15) is 19.5 Å². The van der Waals surface area contributed by atoms with E-state index in [1.54, 1.807) is 12.1 Å². The molecule has 132 valence electrons. The molecule has 0 aliphatic rings. The number of hydrogen-bond acceptors (Lipinski definition) is 6. The maximum absolute atomic E-state index is 12.0. The number of esters is 1. The number of methoxy groups -OCH3 is 1. The highest BCUT2D eigenvalue weighted by molar-refractivity contribution is 5.76. The van der Waals surface area contributed by atoms with Crippen molar-refractivity contribution < 1.29 is 29.0 Å². The Bertz CT molecular complexity index is 545. The molecule has 7 heteroatoms. The molecule has 0 bridgehead atoms. The van der Waals surface area contributed by atoms with Crippen molar-refractivity contribution in [2.24, 2.45) is 11.8 Å². The molecule has 1 amide bonds. The average molecular weight is 337 g/mol. The second-order valence-electron chi connectivity index (χ2n) is 5.50. The third-order valence-electron chi connectivity index (χ3n) is 3.74. The SMILES string of the molecule is COC(=O)[C@H](C)[C@@H](NC(=O)OCc1ccccc1)[C@H](C=O)[C@H](C)O. The minimum absolute atomic E-state index is 0.0480. The monoisotopic (exact) mass is 337 g/mol. The Morgan fingerprint density at radius 1 is 1.25 bits per heavy atom. The summed E-state index contributed by atoms with van der Waals surface area (Å²) in [6.45, 7) is 2.96. The van der Waals surface area contributed by atoms with Crippen LogP contribution in [-0.2, 0) is 25.7 Å². The van der Waals surface area contributed by atoms with Crippen LogP contribution < -0.4 is 5.32 Å². The van der Waals surface area contributed by atoms with Crippen molar-refractivity contribution >= 4 is 18.3 Å². The summed E-state index contributed by atoms with van der Waals surface area (Å²) in [5, 5.41) is 12.2. The Hall–Kier alpha value is -2.41. The second-order valence-corrected chi connectivity index (χ2v) is 5.50. The molecular formula is C17H23NO6. The molecular weight excluding hydrogens is 314 g/mol. The first-order valence-corrected chi connectivity index (χ1v) is 7.59. The summed E-state index contributed by atoms with van der Waals surface area (Å²) in [6.07, 6.45) is -1.33. The molecule has 0 fully saturated rings. The van der Waals surface area contributed by atoms with Crippen LogP contribution in [0.1, 0.15) is 19.4 Å². The molecule has 2 N–H and O–H groups in total. The Morgan fingerprint density at radius 2 is 1.88 bits per heavy atom. The molecule has 1 rings (SSSR count). The smallest absolute Gasteiger partial charge is 0.407 e. The third-order valence-corrected chi connectivity index (χ3v) is 3.74. The van der Waals surface area contributed by atoms with Crippen LogP contribution in [0, 0.1) is 11.8 Å². The summed E-state index contributed by atoms with van der Waals surface area (Å²) < 4.78 is 9.75. The number of aldehydes is 1. The van der Waals surface area contributed by atoms with E-state index < -0.39 is 36.0 Å². The molecule has 0 aliphatic carbocycles. The number of hydrogen-bond donors (Lipinski definition) is 2. The van der Waals surface area contributed by atoms with Gasteiger partial charge in [0.2, 0.25) is 0 Å². The van der Waals surface area contributed by atoms with Crippen LogP contribution in [0.4, 0.5) is 4.79 Å². The predicted molar refractivity (Wildman–Crippen MR) is 86.0 cm³/mol. The van der Waals surface area contributed by atoms with Crippen molar-refractivity contribution in [3.8, 4) is 0 Å². The number of nitrogens with one attached hydrogen (secondary N) is 1. The molecule has 0 spiro atoms. The van der Waals surface area contributed by atoms with Gasteiger partial charge in [-0.2, -0.15) is 0 Å². The predicted octanol–water partition coefficient (Wildman–Crippen LogP) is 1.29. The quantitative estimate of drug-likeness (QED) is 0.547. The van der Waals surface area contributed by atoms with E-state index in [2.05, 4.69) is 10.1 Å². The fraction of sp³-hybridized carbons (Fsp3) is 0.471. The fourth-order valence-corrected chi connectivity index (χ4v) is 2.29. The molecule has 7 nitrogen and oxygen atoms in total. The van der Waals surface area contributed by atoms with E-state index in [0.29, 0.717) is 6.29 Å². The summed E-state index contributed by atoms with van der Waals surface area (Å²) >= 11 is 0. The van der Waals surface area contributed by atoms with Gasteiger partial charge in [0.05, 0.1) is 31.1 Å². The lowest BCUT2D eigenvalue weighted by Gasteiger charge is -2.29. The summed E-state index contributed by atoms with van der Waals surface area (Å²) in [7, 11) is 1.21. The first-order valence-electron chi connectivity index (χ1n) is 7.59. The van der Waals surface area contributed by atoms with Crippen molar-refractivity contribution in [3.05, 3.63) is 35.9 Å². The maximum Gasteiger partial charge on any atom is 0.407 e. The molecule has 4 atom stereocenters. The van der Waals surface area contributed by atoms with Crippen LogP contribution in [0.5, 0.6) is 0 Å². The van der Waals surface area contributed by atoms with Gasteiger partial charge in [-0.15, -0.1) is 0 Å². The van der Waals surface area contributed by atoms with E-state index in [1.165, 1.54) is 21.0 Å². The van der Waals surface area contributed by atoms with E-state index >= 15 is 0 Å². The number of aliphatic hydroxyl groups excluding tert-OH is 1. The van der Waals surface area contributed by atoms with Gasteiger partial charge < -0.3 is 24.7 Å². The number of benzene rings is 1. The molecule has 0 saturated heterocycles. The number of amides is 1. The maximum atomic E-state index is 12.0. The largest absolute Gasteiger partial charge is 0.469 e. The van der Waals surface area contributed by atoms with Crippen molar-refractivity contribution in [2.75, 3.05) is 7.11 Å². The molecule has 24 heavy (non-hydrogen) atoms. The van der Waals surface area contributed by atoms with Gasteiger partial charge >= 0.3 is 12.1 Å². The fourth-order valence-electron chi connectivity index (χ4n) is 2.29. The number of ether oxygens (including phenoxy) is 2. The van der Waals surface area contributed by atoms with E-state index in [4.69, 9.17) is 4.74 Å². The highest BCUT2D eigenvalue weighted by atomic mass is 16.5. The Morgan fingerprint density at radius 3 is 2.38 bits per heavy atom. The van der Waals surface area contributed by atoms with Gasteiger partial charge in [-0.25, -0.2) is 4.79 Å². The van der Waals surface area contributed by atoms with Crippen LogP contribution in [0.2, 0.25) is 0 Å². The first-order chi connectivity index (χ1) is 11.4. The van der Waals surface area contributed by atoms with E-state index in [-0.39, 0.29) is 6.61 Å². The van der Waals surface area contributed by atoms with Gasteiger partial charge in [0, 0.05) is 0 Å². The molecule has 0 saturated carbocycles. The van der Waals surface area contributed by atoms with Crippen molar-refractivity contribution in [1.82, 2.24) is 5.32 Å². The number of rotatable bonds is 8. The summed E-state index contributed by atoms with van der Waals surface area (Å²) in [6, 6.07) is 8.12. The highest BCUT2D eigenvalue weighted by Gasteiger charge is 2.36. The van der Waals surface area contributed by atoms with E-state index in [0.717, 1.165) is 5.56 Å². The van der Waals surface area contributed by atoms with Crippen LogP contribution in [0.25, 0.3) is 0 Å². The molecule has 0 aromatic heterocycles. The van der Waals surface area contributed by atoms with Crippen LogP contribution in [-0.4, -0.2) is 42.7 Å².